The molecular formula is C17H27NO. The van der Waals surface area contributed by atoms with Crippen molar-refractivity contribution < 1.29 is 4.74 Å². The minimum Gasteiger partial charge on any atom is -0.374 e. The van der Waals surface area contributed by atoms with Crippen LogP contribution >= 0.6 is 0 Å². The topological polar surface area (TPSA) is 35.2 Å². The van der Waals surface area contributed by atoms with Crippen molar-refractivity contribution in [3.63, 3.8) is 0 Å². The van der Waals surface area contributed by atoms with Gasteiger partial charge in [-0.2, -0.15) is 0 Å². The van der Waals surface area contributed by atoms with Crippen LogP contribution in [0.15, 0.2) is 30.3 Å². The van der Waals surface area contributed by atoms with Crippen LogP contribution in [0.3, 0.4) is 0 Å². The van der Waals surface area contributed by atoms with E-state index < -0.39 is 0 Å². The van der Waals surface area contributed by atoms with Crippen LogP contribution < -0.4 is 5.73 Å². The minimum absolute atomic E-state index is 0.0538. The Balaban J connectivity index is 1.93. The minimum atomic E-state index is -0.0538. The van der Waals surface area contributed by atoms with E-state index in [1.807, 2.05) is 0 Å². The molecule has 0 aliphatic heterocycles. The number of hydrogen-bond acceptors (Lipinski definition) is 2. The number of ether oxygens (including phenoxy) is 1. The Labute approximate surface area is 117 Å². The van der Waals surface area contributed by atoms with E-state index in [0.29, 0.717) is 0 Å². The maximum atomic E-state index is 6.49. The van der Waals surface area contributed by atoms with Crippen molar-refractivity contribution in [1.29, 1.82) is 0 Å². The molecular weight excluding hydrogens is 234 g/mol. The quantitative estimate of drug-likeness (QED) is 0.847. The molecule has 2 nitrogen and oxygen atoms in total. The van der Waals surface area contributed by atoms with E-state index in [0.717, 1.165) is 32.3 Å². The molecule has 0 aromatic heterocycles. The van der Waals surface area contributed by atoms with E-state index in [1.54, 1.807) is 0 Å². The number of aryl methyl sites for hydroxylation is 1. The standard InChI is InChI=1S/C17H27NO/c1-2-19-17(13-7-4-8-14-17)16(18)12-11-15-9-5-3-6-10-15/h3,5-6,9-10,16H,2,4,7-8,11-14,18H2,1H3. The highest BCUT2D eigenvalue weighted by molar-refractivity contribution is 5.15. The summed E-state index contributed by atoms with van der Waals surface area (Å²) in [4.78, 5) is 0. The van der Waals surface area contributed by atoms with Gasteiger partial charge in [0.2, 0.25) is 0 Å². The van der Waals surface area contributed by atoms with Crippen molar-refractivity contribution in [2.75, 3.05) is 6.61 Å². The molecule has 1 aromatic carbocycles. The zero-order valence-corrected chi connectivity index (χ0v) is 12.1. The Morgan fingerprint density at radius 2 is 1.84 bits per heavy atom. The van der Waals surface area contributed by atoms with E-state index in [9.17, 15) is 0 Å². The van der Waals surface area contributed by atoms with Crippen LogP contribution in [-0.2, 0) is 11.2 Å². The fraction of sp³-hybridized carbons (Fsp3) is 0.647. The van der Waals surface area contributed by atoms with E-state index in [1.165, 1.54) is 24.8 Å². The molecule has 1 aliphatic carbocycles. The lowest BCUT2D eigenvalue weighted by atomic mass is 9.77. The van der Waals surface area contributed by atoms with Gasteiger partial charge in [-0.05, 0) is 38.2 Å². The number of benzene rings is 1. The third kappa shape index (κ3) is 3.80. The summed E-state index contributed by atoms with van der Waals surface area (Å²) in [5.74, 6) is 0. The molecule has 0 heterocycles. The van der Waals surface area contributed by atoms with Gasteiger partial charge in [0.15, 0.2) is 0 Å². The molecule has 1 atom stereocenters. The summed E-state index contributed by atoms with van der Waals surface area (Å²) in [6, 6.07) is 10.8. The van der Waals surface area contributed by atoms with E-state index in [-0.39, 0.29) is 11.6 Å². The van der Waals surface area contributed by atoms with Gasteiger partial charge in [0, 0.05) is 12.6 Å². The van der Waals surface area contributed by atoms with E-state index in [4.69, 9.17) is 10.5 Å². The third-order valence-corrected chi connectivity index (χ3v) is 4.39. The van der Waals surface area contributed by atoms with Crippen molar-refractivity contribution in [1.82, 2.24) is 0 Å². The first-order valence-corrected chi connectivity index (χ1v) is 7.70. The summed E-state index contributed by atoms with van der Waals surface area (Å²) in [7, 11) is 0. The first kappa shape index (κ1) is 14.5. The fourth-order valence-corrected chi connectivity index (χ4v) is 3.29. The molecule has 0 spiro atoms. The van der Waals surface area contributed by atoms with Gasteiger partial charge in [0.1, 0.15) is 0 Å². The van der Waals surface area contributed by atoms with Crippen molar-refractivity contribution in [3.8, 4) is 0 Å². The second-order valence-electron chi connectivity index (χ2n) is 5.69. The Morgan fingerprint density at radius 1 is 1.16 bits per heavy atom. The van der Waals surface area contributed by atoms with Gasteiger partial charge in [-0.1, -0.05) is 49.6 Å². The van der Waals surface area contributed by atoms with Crippen molar-refractivity contribution in [2.24, 2.45) is 5.73 Å². The van der Waals surface area contributed by atoms with Crippen LogP contribution in [0.1, 0.15) is 51.0 Å². The van der Waals surface area contributed by atoms with Crippen molar-refractivity contribution >= 4 is 0 Å². The predicted octanol–water partition coefficient (Wildman–Crippen LogP) is 3.69. The summed E-state index contributed by atoms with van der Waals surface area (Å²) in [5, 5.41) is 0. The second kappa shape index (κ2) is 7.06. The highest BCUT2D eigenvalue weighted by atomic mass is 16.5. The predicted molar refractivity (Wildman–Crippen MR) is 80.2 cm³/mol. The first-order chi connectivity index (χ1) is 9.27. The van der Waals surface area contributed by atoms with Crippen LogP contribution in [0.5, 0.6) is 0 Å². The van der Waals surface area contributed by atoms with Gasteiger partial charge in [0.05, 0.1) is 5.60 Å². The van der Waals surface area contributed by atoms with E-state index >= 15 is 0 Å². The van der Waals surface area contributed by atoms with Gasteiger partial charge in [-0.3, -0.25) is 0 Å². The molecule has 106 valence electrons. The average Bonchev–Trinajstić information content (AvgIpc) is 2.47. The molecule has 0 bridgehead atoms. The monoisotopic (exact) mass is 261 g/mol. The number of hydrogen-bond donors (Lipinski definition) is 1. The molecule has 19 heavy (non-hydrogen) atoms. The lowest BCUT2D eigenvalue weighted by molar-refractivity contribution is -0.0832. The molecule has 2 rings (SSSR count). The van der Waals surface area contributed by atoms with Gasteiger partial charge < -0.3 is 10.5 Å². The average molecular weight is 261 g/mol. The van der Waals surface area contributed by atoms with Crippen LogP contribution in [0.2, 0.25) is 0 Å². The van der Waals surface area contributed by atoms with Crippen LogP contribution in [0, 0.1) is 0 Å². The Kier molecular flexibility index (Phi) is 5.41. The molecule has 0 amide bonds. The van der Waals surface area contributed by atoms with Gasteiger partial charge in [-0.25, -0.2) is 0 Å². The highest BCUT2D eigenvalue weighted by Gasteiger charge is 2.38. The van der Waals surface area contributed by atoms with Crippen LogP contribution in [0.4, 0.5) is 0 Å². The van der Waals surface area contributed by atoms with E-state index in [2.05, 4.69) is 37.3 Å². The second-order valence-corrected chi connectivity index (χ2v) is 5.69. The first-order valence-electron chi connectivity index (χ1n) is 7.70. The molecule has 1 aliphatic rings. The zero-order chi connectivity index (χ0) is 13.6. The Bertz CT molecular complexity index is 351. The smallest absolute Gasteiger partial charge is 0.0832 e. The van der Waals surface area contributed by atoms with Crippen molar-refractivity contribution in [2.45, 2.75) is 63.5 Å². The largest absolute Gasteiger partial charge is 0.374 e. The highest BCUT2D eigenvalue weighted by Crippen LogP contribution is 2.35. The number of nitrogens with two attached hydrogens (primary N) is 1. The molecule has 0 saturated heterocycles. The van der Waals surface area contributed by atoms with Gasteiger partial charge in [-0.15, -0.1) is 0 Å². The van der Waals surface area contributed by atoms with Crippen LogP contribution in [-0.4, -0.2) is 18.2 Å². The maximum absolute atomic E-state index is 6.49. The number of rotatable bonds is 6. The molecule has 1 fully saturated rings. The Morgan fingerprint density at radius 3 is 2.47 bits per heavy atom. The SMILES string of the molecule is CCOC1(C(N)CCc2ccccc2)CCCCC1. The summed E-state index contributed by atoms with van der Waals surface area (Å²) in [6.07, 6.45) is 8.20. The lowest BCUT2D eigenvalue weighted by Gasteiger charge is -2.41. The summed E-state index contributed by atoms with van der Waals surface area (Å²) in [5.41, 5.74) is 7.81. The molecule has 2 heteroatoms. The molecule has 1 saturated carbocycles. The molecule has 1 unspecified atom stereocenters. The third-order valence-electron chi connectivity index (χ3n) is 4.39. The zero-order valence-electron chi connectivity index (χ0n) is 12.1. The fourth-order valence-electron chi connectivity index (χ4n) is 3.29. The molecule has 1 aromatic rings. The Hall–Kier alpha value is -0.860. The van der Waals surface area contributed by atoms with Gasteiger partial charge in [0.25, 0.3) is 0 Å². The lowest BCUT2D eigenvalue weighted by Crippen LogP contribution is -2.51. The summed E-state index contributed by atoms with van der Waals surface area (Å²) < 4.78 is 6.10. The normalized spacial score (nSPS) is 20.1. The summed E-state index contributed by atoms with van der Waals surface area (Å²) in [6.45, 7) is 2.86. The van der Waals surface area contributed by atoms with Crippen LogP contribution in [0.25, 0.3) is 0 Å². The van der Waals surface area contributed by atoms with Crippen molar-refractivity contribution in [3.05, 3.63) is 35.9 Å². The summed E-state index contributed by atoms with van der Waals surface area (Å²) >= 11 is 0. The molecule has 0 radical (unpaired) electrons. The van der Waals surface area contributed by atoms with Gasteiger partial charge >= 0.3 is 0 Å². The maximum Gasteiger partial charge on any atom is 0.0832 e. The molecule has 2 N–H and O–H groups in total.